The van der Waals surface area contributed by atoms with Crippen LogP contribution in [0.25, 0.3) is 0 Å². The van der Waals surface area contributed by atoms with E-state index in [0.717, 1.165) is 5.56 Å². The van der Waals surface area contributed by atoms with Crippen molar-refractivity contribution in [3.63, 3.8) is 0 Å². The van der Waals surface area contributed by atoms with Gasteiger partial charge in [0.15, 0.2) is 17.3 Å². The van der Waals surface area contributed by atoms with Gasteiger partial charge in [-0.25, -0.2) is 0 Å². The number of carbonyl (C=O) groups is 1. The van der Waals surface area contributed by atoms with E-state index in [4.69, 9.17) is 9.47 Å². The molecule has 1 heterocycles. The van der Waals surface area contributed by atoms with Gasteiger partial charge in [-0.2, -0.15) is 5.26 Å². The summed E-state index contributed by atoms with van der Waals surface area (Å²) in [5, 5.41) is 9.19. The number of benzene rings is 1. The summed E-state index contributed by atoms with van der Waals surface area (Å²) in [7, 11) is 0. The van der Waals surface area contributed by atoms with Crippen molar-refractivity contribution in [2.24, 2.45) is 11.3 Å². The second-order valence-corrected chi connectivity index (χ2v) is 5.69. The van der Waals surface area contributed by atoms with Gasteiger partial charge in [-0.05, 0) is 24.1 Å². The Bertz CT molecular complexity index is 537. The molecule has 100 valence electrons. The predicted molar refractivity (Wildman–Crippen MR) is 69.8 cm³/mol. The average Bonchev–Trinajstić information content (AvgIpc) is 2.81. The highest BCUT2D eigenvalue weighted by Gasteiger charge is 2.30. The van der Waals surface area contributed by atoms with E-state index in [1.807, 2.05) is 39.0 Å². The first-order chi connectivity index (χ1) is 8.91. The van der Waals surface area contributed by atoms with Crippen LogP contribution in [0.4, 0.5) is 0 Å². The van der Waals surface area contributed by atoms with Gasteiger partial charge in [-0.1, -0.05) is 26.8 Å². The standard InChI is InChI=1S/C15H17NO3/c1-15(2,3)14(17)11(8-16)6-10-4-5-12-13(7-10)19-9-18-12/h4-5,7,11H,6,9H2,1-3H3. The van der Waals surface area contributed by atoms with Crippen molar-refractivity contribution in [2.45, 2.75) is 27.2 Å². The van der Waals surface area contributed by atoms with Crippen LogP contribution in [0.1, 0.15) is 26.3 Å². The minimum atomic E-state index is -0.625. The molecule has 4 nitrogen and oxygen atoms in total. The maximum absolute atomic E-state index is 12.2. The molecule has 0 saturated heterocycles. The van der Waals surface area contributed by atoms with E-state index < -0.39 is 11.3 Å². The SMILES string of the molecule is CC(C)(C)C(=O)C(C#N)Cc1ccc2c(c1)OCO2. The number of carbonyl (C=O) groups excluding carboxylic acids is 1. The minimum Gasteiger partial charge on any atom is -0.454 e. The third kappa shape index (κ3) is 2.87. The van der Waals surface area contributed by atoms with E-state index >= 15 is 0 Å². The first kappa shape index (κ1) is 13.4. The molecular weight excluding hydrogens is 242 g/mol. The van der Waals surface area contributed by atoms with Crippen LogP contribution in [0.5, 0.6) is 11.5 Å². The van der Waals surface area contributed by atoms with Crippen molar-refractivity contribution in [1.82, 2.24) is 0 Å². The number of nitrogens with zero attached hydrogens (tertiary/aromatic N) is 1. The zero-order chi connectivity index (χ0) is 14.0. The zero-order valence-corrected chi connectivity index (χ0v) is 11.4. The Morgan fingerprint density at radius 2 is 2.05 bits per heavy atom. The van der Waals surface area contributed by atoms with E-state index in [2.05, 4.69) is 6.07 Å². The third-order valence-corrected chi connectivity index (χ3v) is 3.09. The van der Waals surface area contributed by atoms with Crippen LogP contribution in [0, 0.1) is 22.7 Å². The van der Waals surface area contributed by atoms with E-state index in [9.17, 15) is 10.1 Å². The van der Waals surface area contributed by atoms with Crippen LogP contribution in [-0.4, -0.2) is 12.6 Å². The molecule has 4 heteroatoms. The largest absolute Gasteiger partial charge is 0.454 e. The fourth-order valence-corrected chi connectivity index (χ4v) is 2.02. The normalized spacial score (nSPS) is 14.8. The second kappa shape index (κ2) is 4.93. The molecule has 0 spiro atoms. The highest BCUT2D eigenvalue weighted by Crippen LogP contribution is 2.33. The van der Waals surface area contributed by atoms with Crippen LogP contribution in [0.15, 0.2) is 18.2 Å². The third-order valence-electron chi connectivity index (χ3n) is 3.09. The van der Waals surface area contributed by atoms with Gasteiger partial charge >= 0.3 is 0 Å². The number of hydrogen-bond acceptors (Lipinski definition) is 4. The van der Waals surface area contributed by atoms with Crippen LogP contribution in [0.2, 0.25) is 0 Å². The topological polar surface area (TPSA) is 59.3 Å². The molecule has 1 unspecified atom stereocenters. The molecule has 0 aromatic heterocycles. The number of rotatable bonds is 3. The zero-order valence-electron chi connectivity index (χ0n) is 11.4. The summed E-state index contributed by atoms with van der Waals surface area (Å²) in [5.41, 5.74) is 0.407. The second-order valence-electron chi connectivity index (χ2n) is 5.69. The van der Waals surface area contributed by atoms with E-state index in [1.54, 1.807) is 0 Å². The first-order valence-electron chi connectivity index (χ1n) is 6.24. The summed E-state index contributed by atoms with van der Waals surface area (Å²) in [4.78, 5) is 12.2. The molecule has 1 aromatic rings. The highest BCUT2D eigenvalue weighted by atomic mass is 16.7. The van der Waals surface area contributed by atoms with Crippen molar-refractivity contribution in [2.75, 3.05) is 6.79 Å². The Kier molecular flexibility index (Phi) is 3.48. The van der Waals surface area contributed by atoms with Gasteiger partial charge < -0.3 is 9.47 Å². The summed E-state index contributed by atoms with van der Waals surface area (Å²) in [6.07, 6.45) is 0.406. The van der Waals surface area contributed by atoms with Gasteiger partial charge in [0.05, 0.1) is 6.07 Å². The number of nitriles is 1. The molecule has 19 heavy (non-hydrogen) atoms. The van der Waals surface area contributed by atoms with Crippen molar-refractivity contribution < 1.29 is 14.3 Å². The predicted octanol–water partition coefficient (Wildman–Crippen LogP) is 2.71. The van der Waals surface area contributed by atoms with Crippen LogP contribution < -0.4 is 9.47 Å². The van der Waals surface area contributed by atoms with Gasteiger partial charge in [0.1, 0.15) is 5.92 Å². The Morgan fingerprint density at radius 3 is 2.68 bits per heavy atom. The van der Waals surface area contributed by atoms with Crippen LogP contribution in [0.3, 0.4) is 0 Å². The lowest BCUT2D eigenvalue weighted by atomic mass is 9.81. The number of hydrogen-bond donors (Lipinski definition) is 0. The van der Waals surface area contributed by atoms with E-state index in [0.29, 0.717) is 17.9 Å². The molecule has 0 fully saturated rings. The lowest BCUT2D eigenvalue weighted by Crippen LogP contribution is -2.28. The van der Waals surface area contributed by atoms with Gasteiger partial charge in [0.2, 0.25) is 6.79 Å². The molecule has 1 aliphatic rings. The molecule has 1 aliphatic heterocycles. The Morgan fingerprint density at radius 1 is 1.37 bits per heavy atom. The quantitative estimate of drug-likeness (QED) is 0.837. The fraction of sp³-hybridized carbons (Fsp3) is 0.467. The highest BCUT2D eigenvalue weighted by molar-refractivity contribution is 5.88. The Hall–Kier alpha value is -2.02. The smallest absolute Gasteiger partial charge is 0.231 e. The molecule has 0 radical (unpaired) electrons. The Balaban J connectivity index is 2.16. The number of Topliss-reactive ketones (excluding diaryl/α,β-unsaturated/α-hetero) is 1. The summed E-state index contributed by atoms with van der Waals surface area (Å²) >= 11 is 0. The molecular formula is C15H17NO3. The number of ketones is 1. The maximum Gasteiger partial charge on any atom is 0.231 e. The van der Waals surface area contributed by atoms with E-state index in [-0.39, 0.29) is 12.6 Å². The van der Waals surface area contributed by atoms with Crippen molar-refractivity contribution in [3.8, 4) is 17.6 Å². The van der Waals surface area contributed by atoms with Gasteiger partial charge in [-0.3, -0.25) is 4.79 Å². The molecule has 0 aliphatic carbocycles. The van der Waals surface area contributed by atoms with Crippen molar-refractivity contribution in [3.05, 3.63) is 23.8 Å². The van der Waals surface area contributed by atoms with Gasteiger partial charge in [0.25, 0.3) is 0 Å². The lowest BCUT2D eigenvalue weighted by Gasteiger charge is -2.20. The molecule has 2 rings (SSSR count). The first-order valence-corrected chi connectivity index (χ1v) is 6.24. The summed E-state index contributed by atoms with van der Waals surface area (Å²) in [5.74, 6) is 0.727. The molecule has 0 saturated carbocycles. The van der Waals surface area contributed by atoms with Crippen LogP contribution >= 0.6 is 0 Å². The summed E-state index contributed by atoms with van der Waals surface area (Å²) in [6, 6.07) is 7.62. The van der Waals surface area contributed by atoms with Gasteiger partial charge in [-0.15, -0.1) is 0 Å². The molecule has 1 aromatic carbocycles. The summed E-state index contributed by atoms with van der Waals surface area (Å²) in [6.45, 7) is 5.72. The molecule has 1 atom stereocenters. The van der Waals surface area contributed by atoms with Crippen molar-refractivity contribution >= 4 is 5.78 Å². The summed E-state index contributed by atoms with van der Waals surface area (Å²) < 4.78 is 10.5. The lowest BCUT2D eigenvalue weighted by molar-refractivity contribution is -0.128. The van der Waals surface area contributed by atoms with Crippen LogP contribution in [-0.2, 0) is 11.2 Å². The fourth-order valence-electron chi connectivity index (χ4n) is 2.02. The van der Waals surface area contributed by atoms with E-state index in [1.165, 1.54) is 0 Å². The molecule has 0 bridgehead atoms. The minimum absolute atomic E-state index is 0.0346. The average molecular weight is 259 g/mol. The number of fused-ring (bicyclic) bond motifs is 1. The monoisotopic (exact) mass is 259 g/mol. The maximum atomic E-state index is 12.2. The number of ether oxygens (including phenoxy) is 2. The Labute approximate surface area is 112 Å². The van der Waals surface area contributed by atoms with Crippen molar-refractivity contribution in [1.29, 1.82) is 5.26 Å². The molecule has 0 N–H and O–H groups in total. The van der Waals surface area contributed by atoms with Gasteiger partial charge in [0, 0.05) is 5.41 Å². The molecule has 0 amide bonds.